The molecule has 4 aromatic rings. The van der Waals surface area contributed by atoms with Gasteiger partial charge in [0.05, 0.1) is 45.2 Å². The van der Waals surface area contributed by atoms with Crippen molar-refractivity contribution in [2.24, 2.45) is 5.92 Å². The zero-order valence-electron chi connectivity index (χ0n) is 32.1. The van der Waals surface area contributed by atoms with Crippen molar-refractivity contribution in [1.82, 2.24) is 15.0 Å². The van der Waals surface area contributed by atoms with Crippen LogP contribution in [0.2, 0.25) is 23.7 Å². The molecule has 1 spiro atoms. The maximum atomic E-state index is 15.0. The minimum absolute atomic E-state index is 0.0284. The van der Waals surface area contributed by atoms with Crippen LogP contribution in [0.15, 0.2) is 102 Å². The molecule has 5 atom stereocenters. The largest absolute Gasteiger partial charge is 0.497 e. The number of fused-ring (bicyclic) bond motifs is 2. The fourth-order valence-corrected chi connectivity index (χ4v) is 12.8. The van der Waals surface area contributed by atoms with Gasteiger partial charge in [0, 0.05) is 35.8 Å². The molecule has 2 aliphatic heterocycles. The van der Waals surface area contributed by atoms with Gasteiger partial charge in [0.15, 0.2) is 5.60 Å². The Hall–Kier alpha value is -4.02. The van der Waals surface area contributed by atoms with Crippen LogP contribution < -0.4 is 14.8 Å². The first-order valence-corrected chi connectivity index (χ1v) is 22.1. The number of aryl methyl sites for hydroxylation is 1. The first-order valence-electron chi connectivity index (χ1n) is 18.7. The van der Waals surface area contributed by atoms with Crippen LogP contribution in [0.25, 0.3) is 0 Å². The molecule has 0 radical (unpaired) electrons. The summed E-state index contributed by atoms with van der Waals surface area (Å²) in [7, 11) is -0.647. The van der Waals surface area contributed by atoms with Crippen molar-refractivity contribution in [2.75, 3.05) is 25.2 Å². The van der Waals surface area contributed by atoms with Crippen LogP contribution in [0, 0.1) is 5.92 Å². The third kappa shape index (κ3) is 7.67. The third-order valence-electron chi connectivity index (χ3n) is 11.5. The average Bonchev–Trinajstić information content (AvgIpc) is 3.80. The minimum Gasteiger partial charge on any atom is -0.497 e. The minimum atomic E-state index is -2.33. The summed E-state index contributed by atoms with van der Waals surface area (Å²) in [5.41, 5.74) is 4.87. The van der Waals surface area contributed by atoms with Gasteiger partial charge in [-0.1, -0.05) is 108 Å². The summed E-state index contributed by atoms with van der Waals surface area (Å²) in [6.45, 7) is 14.3. The van der Waals surface area contributed by atoms with Gasteiger partial charge in [0.2, 0.25) is 0 Å². The van der Waals surface area contributed by atoms with Gasteiger partial charge in [-0.15, -0.1) is 5.10 Å². The van der Waals surface area contributed by atoms with E-state index in [0.29, 0.717) is 24.5 Å². The summed E-state index contributed by atoms with van der Waals surface area (Å²) in [6.07, 6.45) is 8.66. The highest BCUT2D eigenvalue weighted by atomic mass is 35.5. The SMILES string of the molecule is COc1ccc([Si](C)(C)[C@H]2[C@H](CCn3cc(C(CO)c4ccccc4)nn3)O[C@@]3(C(=O)N(C/C=C(\C)CCC=C(C)C)c4ccc(Cl)cc43)[C@@H]2C)cc1. The van der Waals surface area contributed by atoms with Crippen molar-refractivity contribution >= 4 is 36.5 Å². The van der Waals surface area contributed by atoms with Crippen molar-refractivity contribution in [3.05, 3.63) is 124 Å². The van der Waals surface area contributed by atoms with E-state index in [1.807, 2.05) is 76.4 Å². The number of halogens is 1. The van der Waals surface area contributed by atoms with Gasteiger partial charge in [-0.2, -0.15) is 0 Å². The number of carbonyl (C=O) groups is 1. The normalized spacial score (nSPS) is 22.0. The predicted molar refractivity (Wildman–Crippen MR) is 216 cm³/mol. The summed E-state index contributed by atoms with van der Waals surface area (Å²) in [6, 6.07) is 24.1. The number of benzene rings is 3. The lowest BCUT2D eigenvalue weighted by atomic mass is 9.82. The monoisotopic (exact) mass is 752 g/mol. The van der Waals surface area contributed by atoms with Crippen LogP contribution in [0.3, 0.4) is 0 Å². The number of carbonyl (C=O) groups excluding carboxylic acids is 1. The molecule has 1 aromatic heterocycles. The van der Waals surface area contributed by atoms with E-state index in [0.717, 1.165) is 41.1 Å². The highest BCUT2D eigenvalue weighted by molar-refractivity contribution is 6.91. The first kappa shape index (κ1) is 38.7. The summed E-state index contributed by atoms with van der Waals surface area (Å²) in [5.74, 6) is 0.380. The van der Waals surface area contributed by atoms with Crippen LogP contribution >= 0.6 is 11.6 Å². The molecule has 1 unspecified atom stereocenters. The molecule has 1 N–H and O–H groups in total. The first-order chi connectivity index (χ1) is 25.4. The fraction of sp³-hybridized carbons (Fsp3) is 0.419. The maximum Gasteiger partial charge on any atom is 0.264 e. The van der Waals surface area contributed by atoms with Crippen LogP contribution in [0.1, 0.15) is 69.7 Å². The van der Waals surface area contributed by atoms with Gasteiger partial charge in [-0.3, -0.25) is 9.48 Å². The number of nitrogens with zero attached hydrogens (tertiary/aromatic N) is 4. The van der Waals surface area contributed by atoms with Crippen molar-refractivity contribution in [2.45, 2.75) is 89.8 Å². The summed E-state index contributed by atoms with van der Waals surface area (Å²) in [5, 5.41) is 21.1. The number of hydrogen-bond donors (Lipinski definition) is 1. The lowest BCUT2D eigenvalue weighted by Crippen LogP contribution is -2.52. The number of anilines is 1. The Morgan fingerprint density at radius 2 is 1.81 bits per heavy atom. The van der Waals surface area contributed by atoms with Crippen molar-refractivity contribution in [1.29, 1.82) is 0 Å². The average molecular weight is 753 g/mol. The molecule has 0 bridgehead atoms. The summed E-state index contributed by atoms with van der Waals surface area (Å²) >= 11 is 6.71. The lowest BCUT2D eigenvalue weighted by Gasteiger charge is -2.37. The number of aliphatic hydroxyl groups excluding tert-OH is 1. The molecule has 8 nitrogen and oxygen atoms in total. The fourth-order valence-electron chi connectivity index (χ4n) is 8.57. The van der Waals surface area contributed by atoms with Gasteiger partial charge in [-0.25, -0.2) is 0 Å². The van der Waals surface area contributed by atoms with E-state index < -0.39 is 13.7 Å². The molecule has 1 saturated heterocycles. The Morgan fingerprint density at radius 1 is 1.08 bits per heavy atom. The zero-order chi connectivity index (χ0) is 37.9. The second kappa shape index (κ2) is 16.1. The smallest absolute Gasteiger partial charge is 0.264 e. The molecular formula is C43H53ClN4O4Si. The molecule has 0 aliphatic carbocycles. The predicted octanol–water partition coefficient (Wildman–Crippen LogP) is 8.41. The van der Waals surface area contributed by atoms with Gasteiger partial charge < -0.3 is 19.5 Å². The van der Waals surface area contributed by atoms with Crippen molar-refractivity contribution in [3.8, 4) is 5.75 Å². The van der Waals surface area contributed by atoms with Crippen molar-refractivity contribution < 1.29 is 19.4 Å². The molecule has 53 heavy (non-hydrogen) atoms. The van der Waals surface area contributed by atoms with E-state index in [-0.39, 0.29) is 36.0 Å². The molecule has 6 rings (SSSR count). The number of hydrogen-bond acceptors (Lipinski definition) is 6. The Bertz CT molecular complexity index is 1960. The van der Waals surface area contributed by atoms with Gasteiger partial charge in [-0.05, 0) is 81.5 Å². The second-order valence-corrected chi connectivity index (χ2v) is 20.6. The van der Waals surface area contributed by atoms with Gasteiger partial charge >= 0.3 is 0 Å². The topological polar surface area (TPSA) is 89.7 Å². The molecule has 3 aromatic carbocycles. The number of aliphatic hydroxyl groups is 1. The number of rotatable bonds is 14. The Kier molecular flexibility index (Phi) is 11.8. The number of ether oxygens (including phenoxy) is 2. The van der Waals surface area contributed by atoms with Crippen molar-refractivity contribution in [3.63, 3.8) is 0 Å². The van der Waals surface area contributed by atoms with Crippen LogP contribution in [-0.2, 0) is 21.7 Å². The van der Waals surface area contributed by atoms with E-state index in [1.54, 1.807) is 7.11 Å². The number of methoxy groups -OCH3 is 1. The van der Waals surface area contributed by atoms with Gasteiger partial charge in [0.25, 0.3) is 5.91 Å². The van der Waals surface area contributed by atoms with Crippen LogP contribution in [-0.4, -0.2) is 60.4 Å². The van der Waals surface area contributed by atoms with E-state index in [1.165, 1.54) is 16.3 Å². The van der Waals surface area contributed by atoms with E-state index in [9.17, 15) is 5.11 Å². The highest BCUT2D eigenvalue weighted by Crippen LogP contribution is 2.60. The summed E-state index contributed by atoms with van der Waals surface area (Å²) < 4.78 is 14.7. The number of aromatic nitrogens is 3. The molecule has 1 fully saturated rings. The molecule has 0 saturated carbocycles. The number of amides is 1. The Balaban J connectivity index is 1.35. The maximum absolute atomic E-state index is 15.0. The quantitative estimate of drug-likeness (QED) is 0.103. The number of allylic oxidation sites excluding steroid dienone is 3. The molecule has 280 valence electrons. The Morgan fingerprint density at radius 3 is 2.49 bits per heavy atom. The van der Waals surface area contributed by atoms with Crippen LogP contribution in [0.4, 0.5) is 5.69 Å². The lowest BCUT2D eigenvalue weighted by molar-refractivity contribution is -0.145. The van der Waals surface area contributed by atoms with E-state index >= 15 is 4.79 Å². The molecule has 10 heteroatoms. The molecule has 3 heterocycles. The standard InChI is InChI=1S/C43H53ClN4O4Si/c1-29(2)12-11-13-30(3)22-25-48-39-21-16-33(44)26-37(39)43(42(48)50)31(4)41(53(6,7)35-19-17-34(51-5)18-20-35)40(52-43)23-24-47-27-38(45-46-47)36(28-49)32-14-9-8-10-15-32/h8-10,12,14-22,26-27,31,36,40-41,49H,11,13,23-25,28H2,1-7H3/b30-22+/t31-,36?,40+,41-,43+/m1/s1. The molecular weight excluding hydrogens is 700 g/mol. The second-order valence-electron chi connectivity index (χ2n) is 15.4. The van der Waals surface area contributed by atoms with E-state index in [4.69, 9.17) is 21.1 Å². The zero-order valence-corrected chi connectivity index (χ0v) is 33.8. The Labute approximate surface area is 320 Å². The summed E-state index contributed by atoms with van der Waals surface area (Å²) in [4.78, 5) is 16.9. The molecule has 1 amide bonds. The van der Waals surface area contributed by atoms with Crippen LogP contribution in [0.5, 0.6) is 5.75 Å². The third-order valence-corrected chi connectivity index (χ3v) is 16.0. The van der Waals surface area contributed by atoms with Gasteiger partial charge in [0.1, 0.15) is 5.75 Å². The highest BCUT2D eigenvalue weighted by Gasteiger charge is 2.66. The van der Waals surface area contributed by atoms with E-state index in [2.05, 4.69) is 75.4 Å². The molecule has 2 aliphatic rings.